The highest BCUT2D eigenvalue weighted by Gasteiger charge is 2.25. The molecule has 1 fully saturated rings. The Morgan fingerprint density at radius 3 is 2.80 bits per heavy atom. The van der Waals surface area contributed by atoms with E-state index in [1.807, 2.05) is 0 Å². The number of hydrogen-bond donors (Lipinski definition) is 1. The molecule has 1 amide bonds. The van der Waals surface area contributed by atoms with Gasteiger partial charge in [-0.3, -0.25) is 9.63 Å². The van der Waals surface area contributed by atoms with Crippen molar-refractivity contribution < 1.29 is 27.5 Å². The van der Waals surface area contributed by atoms with E-state index in [1.54, 1.807) is 24.3 Å². The van der Waals surface area contributed by atoms with Gasteiger partial charge < -0.3 is 14.8 Å². The lowest BCUT2D eigenvalue weighted by molar-refractivity contribution is -0.0258. The van der Waals surface area contributed by atoms with Crippen molar-refractivity contribution in [2.24, 2.45) is 0 Å². The number of ether oxygens (including phenoxy) is 2. The van der Waals surface area contributed by atoms with E-state index >= 15 is 0 Å². The van der Waals surface area contributed by atoms with Gasteiger partial charge in [-0.25, -0.2) is 8.42 Å². The summed E-state index contributed by atoms with van der Waals surface area (Å²) >= 11 is 6.04. The molecule has 2 aromatic rings. The number of nitrogens with zero attached hydrogens (tertiary/aromatic N) is 1. The van der Waals surface area contributed by atoms with Gasteiger partial charge in [-0.1, -0.05) is 22.1 Å². The molecule has 1 atom stereocenters. The van der Waals surface area contributed by atoms with E-state index in [2.05, 4.69) is 5.32 Å². The zero-order valence-electron chi connectivity index (χ0n) is 16.6. The van der Waals surface area contributed by atoms with Crippen LogP contribution in [0, 0.1) is 0 Å². The highest BCUT2D eigenvalue weighted by atomic mass is 35.5. The normalized spacial score (nSPS) is 16.6. The topological polar surface area (TPSA) is 94.2 Å². The number of rotatable bonds is 8. The smallest absolute Gasteiger partial charge is 0.266 e. The van der Waals surface area contributed by atoms with Crippen LogP contribution in [0.5, 0.6) is 5.75 Å². The van der Waals surface area contributed by atoms with Crippen LogP contribution < -0.4 is 10.1 Å². The Hall–Kier alpha value is -2.17. The van der Waals surface area contributed by atoms with Crippen LogP contribution in [0.3, 0.4) is 0 Å². The lowest BCUT2D eigenvalue weighted by Crippen LogP contribution is -2.26. The number of sulfonamides is 1. The summed E-state index contributed by atoms with van der Waals surface area (Å²) in [7, 11) is -1.55. The molecule has 10 heteroatoms. The first kappa shape index (κ1) is 22.5. The third kappa shape index (κ3) is 5.30. The second kappa shape index (κ2) is 9.76. The maximum atomic E-state index is 12.7. The second-order valence-electron chi connectivity index (χ2n) is 6.67. The van der Waals surface area contributed by atoms with Crippen molar-refractivity contribution in [3.8, 4) is 5.75 Å². The van der Waals surface area contributed by atoms with Gasteiger partial charge in [-0.05, 0) is 43.2 Å². The minimum absolute atomic E-state index is 0.0139. The van der Waals surface area contributed by atoms with E-state index in [1.165, 1.54) is 32.4 Å². The molecular formula is C20H23ClN2O6S. The van der Waals surface area contributed by atoms with Gasteiger partial charge in [0.15, 0.2) is 0 Å². The van der Waals surface area contributed by atoms with Crippen LogP contribution in [-0.4, -0.2) is 52.3 Å². The standard InChI is InChI=1S/C20H23ClN2O6S/c1-23(27-2)30(25,26)19-11-14(8-9-18(19)21)20(24)22-15-5-3-6-16(12-15)29-13-17-7-4-10-28-17/h3,5-6,8-9,11-12,17H,4,7,10,13H2,1-2H3,(H,22,24). The molecular weight excluding hydrogens is 432 g/mol. The van der Waals surface area contributed by atoms with Crippen LogP contribution in [0.15, 0.2) is 47.4 Å². The quantitative estimate of drug-likeness (QED) is 0.615. The van der Waals surface area contributed by atoms with Crippen LogP contribution >= 0.6 is 11.6 Å². The molecule has 3 rings (SSSR count). The summed E-state index contributed by atoms with van der Waals surface area (Å²) in [6.07, 6.45) is 2.09. The molecule has 1 aliphatic heterocycles. The highest BCUT2D eigenvalue weighted by molar-refractivity contribution is 7.89. The van der Waals surface area contributed by atoms with Gasteiger partial charge in [-0.2, -0.15) is 0 Å². The third-order valence-electron chi connectivity index (χ3n) is 4.62. The van der Waals surface area contributed by atoms with Crippen molar-refractivity contribution in [2.45, 2.75) is 23.8 Å². The number of halogens is 1. The molecule has 0 spiro atoms. The predicted octanol–water partition coefficient (Wildman–Crippen LogP) is 3.33. The summed E-state index contributed by atoms with van der Waals surface area (Å²) in [5.41, 5.74) is 0.645. The summed E-state index contributed by atoms with van der Waals surface area (Å²) in [4.78, 5) is 17.2. The Morgan fingerprint density at radius 2 is 2.10 bits per heavy atom. The Kier molecular flexibility index (Phi) is 7.32. The Labute approximate surface area is 180 Å². The first-order chi connectivity index (χ1) is 14.3. The van der Waals surface area contributed by atoms with E-state index in [0.29, 0.717) is 22.5 Å². The molecule has 1 heterocycles. The van der Waals surface area contributed by atoms with Crippen molar-refractivity contribution in [1.82, 2.24) is 4.47 Å². The van der Waals surface area contributed by atoms with E-state index in [0.717, 1.165) is 19.4 Å². The van der Waals surface area contributed by atoms with Gasteiger partial charge in [0, 0.05) is 31.0 Å². The first-order valence-electron chi connectivity index (χ1n) is 9.29. The predicted molar refractivity (Wildman–Crippen MR) is 112 cm³/mol. The minimum atomic E-state index is -4.00. The lowest BCUT2D eigenvalue weighted by atomic mass is 10.2. The molecule has 8 nitrogen and oxygen atoms in total. The average molecular weight is 455 g/mol. The molecule has 0 radical (unpaired) electrons. The van der Waals surface area contributed by atoms with Gasteiger partial charge in [0.05, 0.1) is 18.2 Å². The van der Waals surface area contributed by atoms with E-state index in [4.69, 9.17) is 25.9 Å². The Balaban J connectivity index is 1.73. The molecule has 1 unspecified atom stereocenters. The molecule has 30 heavy (non-hydrogen) atoms. The van der Waals surface area contributed by atoms with Gasteiger partial charge in [0.2, 0.25) is 0 Å². The van der Waals surface area contributed by atoms with Gasteiger partial charge in [0.25, 0.3) is 15.9 Å². The van der Waals surface area contributed by atoms with Crippen molar-refractivity contribution in [3.05, 3.63) is 53.1 Å². The zero-order chi connectivity index (χ0) is 21.7. The van der Waals surface area contributed by atoms with Gasteiger partial charge in [0.1, 0.15) is 17.3 Å². The van der Waals surface area contributed by atoms with Crippen LogP contribution in [0.25, 0.3) is 0 Å². The van der Waals surface area contributed by atoms with Crippen molar-refractivity contribution in [3.63, 3.8) is 0 Å². The molecule has 1 N–H and O–H groups in total. The first-order valence-corrected chi connectivity index (χ1v) is 11.1. The van der Waals surface area contributed by atoms with Crippen LogP contribution in [-0.2, 0) is 19.6 Å². The fourth-order valence-corrected chi connectivity index (χ4v) is 4.38. The number of nitrogens with one attached hydrogen (secondary N) is 1. The van der Waals surface area contributed by atoms with Crippen molar-refractivity contribution in [1.29, 1.82) is 0 Å². The zero-order valence-corrected chi connectivity index (χ0v) is 18.2. The number of hydroxylamine groups is 1. The number of carbonyl (C=O) groups is 1. The largest absolute Gasteiger partial charge is 0.491 e. The fraction of sp³-hybridized carbons (Fsp3) is 0.350. The molecule has 0 aromatic heterocycles. The summed E-state index contributed by atoms with van der Waals surface area (Å²) < 4.78 is 36.9. The fourth-order valence-electron chi connectivity index (χ4n) is 2.91. The Morgan fingerprint density at radius 1 is 1.30 bits per heavy atom. The Bertz CT molecular complexity index is 1010. The summed E-state index contributed by atoms with van der Waals surface area (Å²) in [6.45, 7) is 1.20. The maximum Gasteiger partial charge on any atom is 0.266 e. The van der Waals surface area contributed by atoms with Gasteiger partial charge in [-0.15, -0.1) is 0 Å². The van der Waals surface area contributed by atoms with Crippen molar-refractivity contribution in [2.75, 3.05) is 32.7 Å². The van der Waals surface area contributed by atoms with Crippen LogP contribution in [0.1, 0.15) is 23.2 Å². The van der Waals surface area contributed by atoms with E-state index < -0.39 is 15.9 Å². The van der Waals surface area contributed by atoms with Crippen LogP contribution in [0.2, 0.25) is 5.02 Å². The van der Waals surface area contributed by atoms with Crippen LogP contribution in [0.4, 0.5) is 5.69 Å². The summed E-state index contributed by atoms with van der Waals surface area (Å²) in [6, 6.07) is 11.0. The lowest BCUT2D eigenvalue weighted by Gasteiger charge is -2.16. The SMILES string of the molecule is CON(C)S(=O)(=O)c1cc(C(=O)Nc2cccc(OCC3CCCO3)c2)ccc1Cl. The molecule has 0 bridgehead atoms. The average Bonchev–Trinajstić information content (AvgIpc) is 3.25. The maximum absolute atomic E-state index is 12.7. The molecule has 162 valence electrons. The number of anilines is 1. The molecule has 1 aliphatic rings. The van der Waals surface area contributed by atoms with Gasteiger partial charge >= 0.3 is 0 Å². The van der Waals surface area contributed by atoms with E-state index in [-0.39, 0.29) is 21.6 Å². The third-order valence-corrected chi connectivity index (χ3v) is 6.78. The number of benzene rings is 2. The van der Waals surface area contributed by atoms with E-state index in [9.17, 15) is 13.2 Å². The minimum Gasteiger partial charge on any atom is -0.491 e. The van der Waals surface area contributed by atoms with Crippen molar-refractivity contribution >= 4 is 33.2 Å². The number of amides is 1. The second-order valence-corrected chi connectivity index (χ2v) is 8.98. The number of carbonyl (C=O) groups excluding carboxylic acids is 1. The molecule has 0 saturated carbocycles. The number of hydrogen-bond acceptors (Lipinski definition) is 6. The monoisotopic (exact) mass is 454 g/mol. The molecule has 1 saturated heterocycles. The molecule has 2 aromatic carbocycles. The molecule has 0 aliphatic carbocycles. The summed E-state index contributed by atoms with van der Waals surface area (Å²) in [5.74, 6) is 0.115. The highest BCUT2D eigenvalue weighted by Crippen LogP contribution is 2.26. The summed E-state index contributed by atoms with van der Waals surface area (Å²) in [5, 5.41) is 2.72.